The first-order valence-corrected chi connectivity index (χ1v) is 7.33. The maximum Gasteiger partial charge on any atom is 0.200 e. The van der Waals surface area contributed by atoms with E-state index in [1.54, 1.807) is 18.2 Å². The quantitative estimate of drug-likeness (QED) is 0.725. The van der Waals surface area contributed by atoms with Crippen LogP contribution in [0.1, 0.15) is 27.0 Å². The van der Waals surface area contributed by atoms with Crippen LogP contribution in [-0.4, -0.2) is 12.4 Å². The van der Waals surface area contributed by atoms with Gasteiger partial charge < -0.3 is 4.74 Å². The summed E-state index contributed by atoms with van der Waals surface area (Å²) in [5, 5.41) is 0.730. The molecule has 0 aliphatic rings. The average Bonchev–Trinajstić information content (AvgIpc) is 2.39. The Kier molecular flexibility index (Phi) is 4.92. The molecule has 4 heteroatoms. The summed E-state index contributed by atoms with van der Waals surface area (Å²) in [4.78, 5) is 12.4. The van der Waals surface area contributed by atoms with Crippen LogP contribution in [0.4, 0.5) is 0 Å². The van der Waals surface area contributed by atoms with Crippen molar-refractivity contribution in [3.8, 4) is 5.75 Å². The minimum absolute atomic E-state index is 0.0647. The molecule has 0 heterocycles. The van der Waals surface area contributed by atoms with Gasteiger partial charge in [0.2, 0.25) is 5.78 Å². The van der Waals surface area contributed by atoms with Crippen LogP contribution >= 0.6 is 23.2 Å². The van der Waals surface area contributed by atoms with E-state index in [4.69, 9.17) is 27.9 Å². The minimum atomic E-state index is -0.0685. The summed E-state index contributed by atoms with van der Waals surface area (Å²) in [6.07, 6.45) is 0. The van der Waals surface area contributed by atoms with Crippen LogP contribution in [0.15, 0.2) is 30.3 Å². The molecule has 0 radical (unpaired) electrons. The van der Waals surface area contributed by atoms with Crippen LogP contribution in [0, 0.1) is 20.8 Å². The van der Waals surface area contributed by atoms with Gasteiger partial charge in [0.1, 0.15) is 10.8 Å². The lowest BCUT2D eigenvalue weighted by atomic mass is 9.97. The fourth-order valence-electron chi connectivity index (χ4n) is 2.43. The molecule has 0 aliphatic heterocycles. The van der Waals surface area contributed by atoms with Crippen molar-refractivity contribution in [3.63, 3.8) is 0 Å². The van der Waals surface area contributed by atoms with Crippen molar-refractivity contribution in [1.82, 2.24) is 0 Å². The minimum Gasteiger partial charge on any atom is -0.484 e. The highest BCUT2D eigenvalue weighted by molar-refractivity contribution is 6.42. The van der Waals surface area contributed by atoms with Gasteiger partial charge in [-0.15, -0.1) is 0 Å². The lowest BCUT2D eigenvalue weighted by Crippen LogP contribution is -2.14. The Balaban J connectivity index is 2.18. The molecule has 0 aromatic heterocycles. The van der Waals surface area contributed by atoms with Crippen molar-refractivity contribution in [2.45, 2.75) is 20.8 Å². The largest absolute Gasteiger partial charge is 0.484 e. The van der Waals surface area contributed by atoms with Gasteiger partial charge in [-0.2, -0.15) is 0 Å². The van der Waals surface area contributed by atoms with Crippen molar-refractivity contribution in [2.75, 3.05) is 6.61 Å². The van der Waals surface area contributed by atoms with E-state index in [1.165, 1.54) is 0 Å². The lowest BCUT2D eigenvalue weighted by Gasteiger charge is -2.12. The first-order chi connectivity index (χ1) is 9.90. The molecule has 0 spiro atoms. The summed E-state index contributed by atoms with van der Waals surface area (Å²) in [7, 11) is 0. The van der Waals surface area contributed by atoms with Gasteiger partial charge in [0.15, 0.2) is 6.61 Å². The molecule has 0 bridgehead atoms. The van der Waals surface area contributed by atoms with Crippen LogP contribution in [0.3, 0.4) is 0 Å². The van der Waals surface area contributed by atoms with Gasteiger partial charge >= 0.3 is 0 Å². The smallest absolute Gasteiger partial charge is 0.200 e. The predicted octanol–water partition coefficient (Wildman–Crippen LogP) is 5.18. The first-order valence-electron chi connectivity index (χ1n) is 6.58. The number of Topliss-reactive ketones (excluding diaryl/α,β-unsaturated/α-hetero) is 1. The zero-order chi connectivity index (χ0) is 15.6. The number of carbonyl (C=O) groups is 1. The zero-order valence-corrected chi connectivity index (χ0v) is 13.7. The monoisotopic (exact) mass is 322 g/mol. The molecule has 0 aliphatic carbocycles. The third-order valence-corrected chi connectivity index (χ3v) is 4.03. The van der Waals surface area contributed by atoms with E-state index in [1.807, 2.05) is 32.9 Å². The van der Waals surface area contributed by atoms with Crippen molar-refractivity contribution in [1.29, 1.82) is 0 Å². The number of carbonyl (C=O) groups excluding carboxylic acids is 1. The topological polar surface area (TPSA) is 26.3 Å². The van der Waals surface area contributed by atoms with E-state index in [9.17, 15) is 4.79 Å². The van der Waals surface area contributed by atoms with E-state index >= 15 is 0 Å². The zero-order valence-electron chi connectivity index (χ0n) is 12.2. The standard InChI is InChI=1S/C17H16Cl2O2/c1-10-7-11(2)16(12(3)8-10)14(20)9-21-15-6-4-5-13(18)17(15)19/h4-8H,9H2,1-3H3. The van der Waals surface area contributed by atoms with Crippen molar-refractivity contribution in [2.24, 2.45) is 0 Å². The third-order valence-electron chi connectivity index (χ3n) is 3.23. The second-order valence-corrected chi connectivity index (χ2v) is 5.82. The summed E-state index contributed by atoms with van der Waals surface area (Å²) in [5.74, 6) is 0.348. The summed E-state index contributed by atoms with van der Waals surface area (Å²) in [6.45, 7) is 5.81. The first kappa shape index (κ1) is 15.9. The van der Waals surface area contributed by atoms with Gasteiger partial charge in [-0.3, -0.25) is 4.79 Å². The van der Waals surface area contributed by atoms with Gasteiger partial charge in [-0.25, -0.2) is 0 Å². The second-order valence-electron chi connectivity index (χ2n) is 5.04. The molecule has 2 nitrogen and oxygen atoms in total. The van der Waals surface area contributed by atoms with Crippen molar-refractivity contribution in [3.05, 3.63) is 62.6 Å². The Morgan fingerprint density at radius 3 is 2.33 bits per heavy atom. The highest BCUT2D eigenvalue weighted by atomic mass is 35.5. The molecule has 0 fully saturated rings. The van der Waals surface area contributed by atoms with Gasteiger partial charge in [-0.1, -0.05) is 47.0 Å². The van der Waals surface area contributed by atoms with E-state index in [-0.39, 0.29) is 12.4 Å². The number of halogens is 2. The maximum atomic E-state index is 12.4. The molecular formula is C17H16Cl2O2. The van der Waals surface area contributed by atoms with E-state index < -0.39 is 0 Å². The Labute approximate surface area is 134 Å². The maximum absolute atomic E-state index is 12.4. The molecule has 0 atom stereocenters. The summed E-state index contributed by atoms with van der Waals surface area (Å²) in [6, 6.07) is 9.08. The molecule has 0 amide bonds. The summed E-state index contributed by atoms with van der Waals surface area (Å²) >= 11 is 12.0. The number of hydrogen-bond acceptors (Lipinski definition) is 2. The van der Waals surface area contributed by atoms with Crippen LogP contribution in [0.5, 0.6) is 5.75 Å². The molecule has 2 aromatic rings. The van der Waals surface area contributed by atoms with Crippen LogP contribution in [0.25, 0.3) is 0 Å². The molecule has 21 heavy (non-hydrogen) atoms. The average molecular weight is 323 g/mol. The van der Waals surface area contributed by atoms with Gasteiger partial charge in [0.05, 0.1) is 5.02 Å². The molecule has 2 aromatic carbocycles. The highest BCUT2D eigenvalue weighted by Crippen LogP contribution is 2.31. The molecule has 110 valence electrons. The Bertz CT molecular complexity index is 670. The number of benzene rings is 2. The SMILES string of the molecule is Cc1cc(C)c(C(=O)COc2cccc(Cl)c2Cl)c(C)c1. The van der Waals surface area contributed by atoms with E-state index in [0.29, 0.717) is 21.4 Å². The Hall–Kier alpha value is -1.51. The predicted molar refractivity (Wildman–Crippen MR) is 86.9 cm³/mol. The van der Waals surface area contributed by atoms with E-state index in [0.717, 1.165) is 16.7 Å². The van der Waals surface area contributed by atoms with Crippen molar-refractivity contribution < 1.29 is 9.53 Å². The third kappa shape index (κ3) is 3.58. The lowest BCUT2D eigenvalue weighted by molar-refractivity contribution is 0.0920. The van der Waals surface area contributed by atoms with Crippen molar-refractivity contribution >= 4 is 29.0 Å². The molecule has 0 saturated carbocycles. The van der Waals surface area contributed by atoms with Crippen LogP contribution in [0.2, 0.25) is 10.0 Å². The normalized spacial score (nSPS) is 10.5. The second kappa shape index (κ2) is 6.50. The van der Waals surface area contributed by atoms with E-state index in [2.05, 4.69) is 0 Å². The molecule has 0 saturated heterocycles. The number of ether oxygens (including phenoxy) is 1. The summed E-state index contributed by atoms with van der Waals surface area (Å²) < 4.78 is 5.51. The number of ketones is 1. The number of aryl methyl sites for hydroxylation is 3. The van der Waals surface area contributed by atoms with Gasteiger partial charge in [0, 0.05) is 5.56 Å². The number of rotatable bonds is 4. The van der Waals surface area contributed by atoms with Crippen LogP contribution < -0.4 is 4.74 Å². The highest BCUT2D eigenvalue weighted by Gasteiger charge is 2.14. The Morgan fingerprint density at radius 1 is 1.10 bits per heavy atom. The van der Waals surface area contributed by atoms with Crippen LogP contribution in [-0.2, 0) is 0 Å². The fourth-order valence-corrected chi connectivity index (χ4v) is 2.78. The van der Waals surface area contributed by atoms with Gasteiger partial charge in [-0.05, 0) is 44.0 Å². The Morgan fingerprint density at radius 2 is 1.71 bits per heavy atom. The molecule has 0 unspecified atom stereocenters. The molecular weight excluding hydrogens is 307 g/mol. The number of hydrogen-bond donors (Lipinski definition) is 0. The molecule has 0 N–H and O–H groups in total. The summed E-state index contributed by atoms with van der Waals surface area (Å²) in [5.41, 5.74) is 3.76. The fraction of sp³-hybridized carbons (Fsp3) is 0.235. The molecule has 2 rings (SSSR count). The van der Waals surface area contributed by atoms with Gasteiger partial charge in [0.25, 0.3) is 0 Å².